The third kappa shape index (κ3) is 3.49. The van der Waals surface area contributed by atoms with Crippen LogP contribution >= 0.6 is 27.5 Å². The van der Waals surface area contributed by atoms with Gasteiger partial charge >= 0.3 is 0 Å². The van der Waals surface area contributed by atoms with Crippen LogP contribution in [-0.2, 0) is 6.54 Å². The van der Waals surface area contributed by atoms with Gasteiger partial charge in [-0.25, -0.2) is 4.98 Å². The standard InChI is InChI=1S/C14H12BrClN2O2/c1-18(8-9-3-2-4-11(19)5-9)14(20)12-6-10(15)7-17-13(12)16/h2-7,19H,8H2,1H3. The third-order valence-electron chi connectivity index (χ3n) is 2.71. The van der Waals surface area contributed by atoms with Crippen molar-refractivity contribution in [3.8, 4) is 5.75 Å². The van der Waals surface area contributed by atoms with Crippen molar-refractivity contribution < 1.29 is 9.90 Å². The van der Waals surface area contributed by atoms with E-state index < -0.39 is 0 Å². The molecule has 0 radical (unpaired) electrons. The Labute approximate surface area is 130 Å². The quantitative estimate of drug-likeness (QED) is 0.858. The average molecular weight is 356 g/mol. The lowest BCUT2D eigenvalue weighted by atomic mass is 10.2. The van der Waals surface area contributed by atoms with E-state index in [0.29, 0.717) is 16.6 Å². The second kappa shape index (κ2) is 6.24. The maximum absolute atomic E-state index is 12.3. The van der Waals surface area contributed by atoms with E-state index in [9.17, 15) is 9.90 Å². The lowest BCUT2D eigenvalue weighted by molar-refractivity contribution is 0.0784. The molecule has 0 aliphatic rings. The fraction of sp³-hybridized carbons (Fsp3) is 0.143. The normalized spacial score (nSPS) is 10.3. The highest BCUT2D eigenvalue weighted by atomic mass is 79.9. The van der Waals surface area contributed by atoms with Crippen molar-refractivity contribution in [1.82, 2.24) is 9.88 Å². The monoisotopic (exact) mass is 354 g/mol. The zero-order valence-corrected chi connectivity index (χ0v) is 13.0. The summed E-state index contributed by atoms with van der Waals surface area (Å²) in [6.45, 7) is 0.371. The number of phenolic OH excluding ortho intramolecular Hbond substituents is 1. The van der Waals surface area contributed by atoms with Crippen molar-refractivity contribution in [1.29, 1.82) is 0 Å². The van der Waals surface area contributed by atoms with Crippen LogP contribution in [0.25, 0.3) is 0 Å². The van der Waals surface area contributed by atoms with Crippen LogP contribution in [0.5, 0.6) is 5.75 Å². The summed E-state index contributed by atoms with van der Waals surface area (Å²) in [5.74, 6) is -0.0577. The number of aromatic nitrogens is 1. The molecule has 0 unspecified atom stereocenters. The van der Waals surface area contributed by atoms with E-state index in [4.69, 9.17) is 11.6 Å². The summed E-state index contributed by atoms with van der Waals surface area (Å²) in [6.07, 6.45) is 1.54. The minimum Gasteiger partial charge on any atom is -0.508 e. The number of carbonyl (C=O) groups excluding carboxylic acids is 1. The molecule has 0 aliphatic carbocycles. The Bertz CT molecular complexity index is 649. The molecular weight excluding hydrogens is 344 g/mol. The number of aromatic hydroxyl groups is 1. The minimum atomic E-state index is -0.229. The lowest BCUT2D eigenvalue weighted by Gasteiger charge is -2.18. The van der Waals surface area contributed by atoms with E-state index in [-0.39, 0.29) is 16.8 Å². The summed E-state index contributed by atoms with van der Waals surface area (Å²) >= 11 is 9.21. The molecule has 0 spiro atoms. The Morgan fingerprint density at radius 3 is 2.90 bits per heavy atom. The second-order valence-corrected chi connectivity index (χ2v) is 5.60. The van der Waals surface area contributed by atoms with Gasteiger partial charge in [0.1, 0.15) is 10.9 Å². The van der Waals surface area contributed by atoms with Crippen molar-refractivity contribution in [2.75, 3.05) is 7.05 Å². The summed E-state index contributed by atoms with van der Waals surface area (Å²) in [5.41, 5.74) is 1.17. The number of pyridine rings is 1. The molecule has 0 bridgehead atoms. The first-order valence-electron chi connectivity index (χ1n) is 5.82. The van der Waals surface area contributed by atoms with Crippen LogP contribution in [0.4, 0.5) is 0 Å². The predicted octanol–water partition coefficient (Wildman–Crippen LogP) is 3.48. The Morgan fingerprint density at radius 2 is 2.20 bits per heavy atom. The molecule has 6 heteroatoms. The predicted molar refractivity (Wildman–Crippen MR) is 80.9 cm³/mol. The zero-order chi connectivity index (χ0) is 14.7. The molecule has 104 valence electrons. The van der Waals surface area contributed by atoms with E-state index in [1.165, 1.54) is 11.1 Å². The Balaban J connectivity index is 2.18. The number of amides is 1. The minimum absolute atomic E-state index is 0.168. The smallest absolute Gasteiger partial charge is 0.257 e. The Hall–Kier alpha value is -1.59. The summed E-state index contributed by atoms with van der Waals surface area (Å²) in [6, 6.07) is 8.41. The first-order chi connectivity index (χ1) is 9.47. The first-order valence-corrected chi connectivity index (χ1v) is 6.99. The second-order valence-electron chi connectivity index (χ2n) is 4.32. The topological polar surface area (TPSA) is 53.4 Å². The van der Waals surface area contributed by atoms with E-state index >= 15 is 0 Å². The van der Waals surface area contributed by atoms with E-state index in [1.54, 1.807) is 31.3 Å². The average Bonchev–Trinajstić information content (AvgIpc) is 2.40. The van der Waals surface area contributed by atoms with Crippen molar-refractivity contribution >= 4 is 33.4 Å². The van der Waals surface area contributed by atoms with Crippen molar-refractivity contribution in [2.45, 2.75) is 6.54 Å². The molecule has 1 aromatic heterocycles. The molecule has 2 aromatic rings. The largest absolute Gasteiger partial charge is 0.508 e. The zero-order valence-electron chi connectivity index (χ0n) is 10.7. The summed E-state index contributed by atoms with van der Waals surface area (Å²) < 4.78 is 0.691. The number of hydrogen-bond donors (Lipinski definition) is 1. The van der Waals surface area contributed by atoms with Crippen LogP contribution < -0.4 is 0 Å². The van der Waals surface area contributed by atoms with Gasteiger partial charge in [-0.1, -0.05) is 23.7 Å². The van der Waals surface area contributed by atoms with Gasteiger partial charge in [-0.15, -0.1) is 0 Å². The number of carbonyl (C=O) groups is 1. The number of nitrogens with zero attached hydrogens (tertiary/aromatic N) is 2. The summed E-state index contributed by atoms with van der Waals surface area (Å²) in [7, 11) is 1.67. The van der Waals surface area contributed by atoms with E-state index in [2.05, 4.69) is 20.9 Å². The van der Waals surface area contributed by atoms with Crippen LogP contribution in [0.2, 0.25) is 5.15 Å². The summed E-state index contributed by atoms with van der Waals surface area (Å²) in [5, 5.41) is 9.59. The van der Waals surface area contributed by atoms with Gasteiger partial charge in [0.05, 0.1) is 5.56 Å². The third-order valence-corrected chi connectivity index (χ3v) is 3.45. The van der Waals surface area contributed by atoms with Crippen LogP contribution in [0.3, 0.4) is 0 Å². The molecule has 0 aliphatic heterocycles. The molecular formula is C14H12BrClN2O2. The van der Waals surface area contributed by atoms with Gasteiger partial charge < -0.3 is 10.0 Å². The molecule has 4 nitrogen and oxygen atoms in total. The highest BCUT2D eigenvalue weighted by Gasteiger charge is 2.16. The molecule has 0 saturated carbocycles. The molecule has 1 heterocycles. The van der Waals surface area contributed by atoms with Gasteiger partial charge in [0, 0.05) is 24.3 Å². The van der Waals surface area contributed by atoms with Gasteiger partial charge in [0.25, 0.3) is 5.91 Å². The van der Waals surface area contributed by atoms with Crippen LogP contribution in [0.1, 0.15) is 15.9 Å². The molecule has 1 N–H and O–H groups in total. The molecule has 1 aromatic carbocycles. The fourth-order valence-corrected chi connectivity index (χ4v) is 2.29. The molecule has 20 heavy (non-hydrogen) atoms. The van der Waals surface area contributed by atoms with Gasteiger partial charge in [0.2, 0.25) is 0 Å². The van der Waals surface area contributed by atoms with Gasteiger partial charge in [-0.05, 0) is 39.7 Å². The van der Waals surface area contributed by atoms with Crippen molar-refractivity contribution in [2.24, 2.45) is 0 Å². The summed E-state index contributed by atoms with van der Waals surface area (Å²) in [4.78, 5) is 17.8. The van der Waals surface area contributed by atoms with E-state index in [1.807, 2.05) is 6.07 Å². The highest BCUT2D eigenvalue weighted by molar-refractivity contribution is 9.10. The maximum Gasteiger partial charge on any atom is 0.257 e. The highest BCUT2D eigenvalue weighted by Crippen LogP contribution is 2.20. The first kappa shape index (κ1) is 14.8. The molecule has 0 saturated heterocycles. The fourth-order valence-electron chi connectivity index (χ4n) is 1.78. The Kier molecular flexibility index (Phi) is 4.62. The number of phenols is 1. The van der Waals surface area contributed by atoms with Crippen molar-refractivity contribution in [3.05, 3.63) is 57.3 Å². The number of halogens is 2. The maximum atomic E-state index is 12.3. The van der Waals surface area contributed by atoms with Crippen LogP contribution in [0.15, 0.2) is 41.0 Å². The van der Waals surface area contributed by atoms with Gasteiger partial charge in [0.15, 0.2) is 0 Å². The van der Waals surface area contributed by atoms with Gasteiger partial charge in [-0.2, -0.15) is 0 Å². The van der Waals surface area contributed by atoms with Gasteiger partial charge in [-0.3, -0.25) is 4.79 Å². The number of rotatable bonds is 3. The SMILES string of the molecule is CN(Cc1cccc(O)c1)C(=O)c1cc(Br)cnc1Cl. The molecule has 0 atom stereocenters. The molecule has 0 fully saturated rings. The molecule has 1 amide bonds. The number of hydrogen-bond acceptors (Lipinski definition) is 3. The van der Waals surface area contributed by atoms with Crippen LogP contribution in [-0.4, -0.2) is 27.9 Å². The number of benzene rings is 1. The van der Waals surface area contributed by atoms with E-state index in [0.717, 1.165) is 5.56 Å². The van der Waals surface area contributed by atoms with Crippen LogP contribution in [0, 0.1) is 0 Å². The van der Waals surface area contributed by atoms with Crippen molar-refractivity contribution in [3.63, 3.8) is 0 Å². The lowest BCUT2D eigenvalue weighted by Crippen LogP contribution is -2.26. The molecule has 2 rings (SSSR count). The Morgan fingerprint density at radius 1 is 1.45 bits per heavy atom.